The third-order valence-corrected chi connectivity index (χ3v) is 5.54. The topological polar surface area (TPSA) is 66.0 Å². The van der Waals surface area contributed by atoms with E-state index in [-0.39, 0.29) is 10.9 Å². The molecule has 1 aliphatic heterocycles. The number of hydrogen-bond acceptors (Lipinski definition) is 5. The zero-order valence-electron chi connectivity index (χ0n) is 15.8. The highest BCUT2D eigenvalue weighted by Gasteiger charge is 2.25. The van der Waals surface area contributed by atoms with Crippen molar-refractivity contribution in [3.05, 3.63) is 81.7 Å². The molecule has 0 saturated carbocycles. The van der Waals surface area contributed by atoms with Crippen LogP contribution >= 0.6 is 11.6 Å². The molecule has 1 aliphatic rings. The highest BCUT2D eigenvalue weighted by molar-refractivity contribution is 6.30. The molecule has 148 valence electrons. The van der Waals surface area contributed by atoms with E-state index >= 15 is 0 Å². The van der Waals surface area contributed by atoms with Gasteiger partial charge in [-0.25, -0.2) is 4.39 Å². The van der Waals surface area contributed by atoms with Gasteiger partial charge in [0.1, 0.15) is 5.82 Å². The van der Waals surface area contributed by atoms with E-state index in [0.29, 0.717) is 23.7 Å². The summed E-state index contributed by atoms with van der Waals surface area (Å²) in [6.45, 7) is 2.70. The van der Waals surface area contributed by atoms with Crippen molar-refractivity contribution in [3.8, 4) is 6.07 Å². The SMILES string of the molecule is N#Cc1cccc(CN2CCC(c3nc(Cc4ccc(Cl)c(F)c4)no3)CC2)c1. The first kappa shape index (κ1) is 19.6. The second-order valence-electron chi connectivity index (χ2n) is 7.34. The van der Waals surface area contributed by atoms with Crippen LogP contribution in [0, 0.1) is 17.1 Å². The zero-order valence-corrected chi connectivity index (χ0v) is 16.6. The van der Waals surface area contributed by atoms with Gasteiger partial charge in [0.2, 0.25) is 5.89 Å². The molecule has 1 aromatic heterocycles. The number of aromatic nitrogens is 2. The van der Waals surface area contributed by atoms with E-state index in [4.69, 9.17) is 21.4 Å². The number of halogens is 2. The third-order valence-electron chi connectivity index (χ3n) is 5.23. The summed E-state index contributed by atoms with van der Waals surface area (Å²) in [6.07, 6.45) is 2.29. The van der Waals surface area contributed by atoms with E-state index in [1.165, 1.54) is 12.1 Å². The number of nitriles is 1. The third kappa shape index (κ3) is 4.81. The molecule has 0 bridgehead atoms. The number of piperidine rings is 1. The van der Waals surface area contributed by atoms with Crippen molar-refractivity contribution in [3.63, 3.8) is 0 Å². The van der Waals surface area contributed by atoms with Crippen molar-refractivity contribution in [2.45, 2.75) is 31.7 Å². The van der Waals surface area contributed by atoms with Crippen LogP contribution in [0.15, 0.2) is 47.0 Å². The van der Waals surface area contributed by atoms with Crippen LogP contribution in [0.1, 0.15) is 47.2 Å². The van der Waals surface area contributed by atoms with Gasteiger partial charge in [0.15, 0.2) is 5.82 Å². The number of rotatable bonds is 5. The lowest BCUT2D eigenvalue weighted by Crippen LogP contribution is -2.32. The molecule has 0 radical (unpaired) electrons. The lowest BCUT2D eigenvalue weighted by Gasteiger charge is -2.30. The summed E-state index contributed by atoms with van der Waals surface area (Å²) in [5.41, 5.74) is 2.60. The van der Waals surface area contributed by atoms with E-state index in [2.05, 4.69) is 27.2 Å². The van der Waals surface area contributed by atoms with Gasteiger partial charge in [0, 0.05) is 18.9 Å². The maximum Gasteiger partial charge on any atom is 0.229 e. The summed E-state index contributed by atoms with van der Waals surface area (Å²) in [5.74, 6) is 0.999. The van der Waals surface area contributed by atoms with Crippen molar-refractivity contribution in [1.29, 1.82) is 5.26 Å². The van der Waals surface area contributed by atoms with Crippen LogP contribution in [0.3, 0.4) is 0 Å². The largest absolute Gasteiger partial charge is 0.339 e. The minimum atomic E-state index is -0.444. The minimum Gasteiger partial charge on any atom is -0.339 e. The van der Waals surface area contributed by atoms with Gasteiger partial charge in [-0.3, -0.25) is 4.90 Å². The van der Waals surface area contributed by atoms with Gasteiger partial charge in [-0.2, -0.15) is 10.2 Å². The van der Waals surface area contributed by atoms with Gasteiger partial charge in [-0.15, -0.1) is 0 Å². The molecule has 4 rings (SSSR count). The second kappa shape index (κ2) is 8.73. The first-order valence-electron chi connectivity index (χ1n) is 9.58. The summed E-state index contributed by atoms with van der Waals surface area (Å²) in [6, 6.07) is 14.6. The van der Waals surface area contributed by atoms with Gasteiger partial charge in [-0.1, -0.05) is 35.0 Å². The van der Waals surface area contributed by atoms with E-state index in [9.17, 15) is 4.39 Å². The molecule has 5 nitrogen and oxygen atoms in total. The Kier molecular flexibility index (Phi) is 5.89. The second-order valence-corrected chi connectivity index (χ2v) is 7.74. The molecular weight excluding hydrogens is 391 g/mol. The van der Waals surface area contributed by atoms with Crippen LogP contribution in [0.5, 0.6) is 0 Å². The summed E-state index contributed by atoms with van der Waals surface area (Å²) < 4.78 is 19.1. The molecule has 0 unspecified atom stereocenters. The minimum absolute atomic E-state index is 0.105. The fraction of sp³-hybridized carbons (Fsp3) is 0.318. The molecular formula is C22H20ClFN4O. The summed E-state index contributed by atoms with van der Waals surface area (Å²) in [5, 5.41) is 13.2. The number of benzene rings is 2. The predicted molar refractivity (Wildman–Crippen MR) is 107 cm³/mol. The highest BCUT2D eigenvalue weighted by Crippen LogP contribution is 2.28. The van der Waals surface area contributed by atoms with Crippen molar-refractivity contribution in [2.24, 2.45) is 0 Å². The zero-order chi connectivity index (χ0) is 20.2. The summed E-state index contributed by atoms with van der Waals surface area (Å²) >= 11 is 5.72. The molecule has 0 amide bonds. The van der Waals surface area contributed by atoms with E-state index in [0.717, 1.165) is 43.6 Å². The average molecular weight is 411 g/mol. The fourth-order valence-electron chi connectivity index (χ4n) is 3.67. The Labute approximate surface area is 173 Å². The lowest BCUT2D eigenvalue weighted by molar-refractivity contribution is 0.187. The molecule has 0 aliphatic carbocycles. The summed E-state index contributed by atoms with van der Waals surface area (Å²) in [7, 11) is 0. The van der Waals surface area contributed by atoms with Gasteiger partial charge in [-0.05, 0) is 61.3 Å². The van der Waals surface area contributed by atoms with E-state index in [1.54, 1.807) is 6.07 Å². The Balaban J connectivity index is 1.33. The van der Waals surface area contributed by atoms with E-state index < -0.39 is 5.82 Å². The fourth-order valence-corrected chi connectivity index (χ4v) is 3.79. The van der Waals surface area contributed by atoms with Crippen molar-refractivity contribution >= 4 is 11.6 Å². The molecule has 2 aromatic carbocycles. The van der Waals surface area contributed by atoms with Gasteiger partial charge < -0.3 is 4.52 Å². The molecule has 0 N–H and O–H groups in total. The highest BCUT2D eigenvalue weighted by atomic mass is 35.5. The average Bonchev–Trinajstić information content (AvgIpc) is 3.20. The molecule has 0 atom stereocenters. The normalized spacial score (nSPS) is 15.3. The number of hydrogen-bond donors (Lipinski definition) is 0. The maximum absolute atomic E-state index is 13.6. The Bertz CT molecular complexity index is 1040. The van der Waals surface area contributed by atoms with Crippen LogP contribution in [0.25, 0.3) is 0 Å². The van der Waals surface area contributed by atoms with Gasteiger partial charge >= 0.3 is 0 Å². The lowest BCUT2D eigenvalue weighted by atomic mass is 9.96. The standard InChI is InChI=1S/C22H20ClFN4O/c23-19-5-4-15(11-20(19)24)12-21-26-22(29-27-21)18-6-8-28(9-7-18)14-17-3-1-2-16(10-17)13-25/h1-5,10-11,18H,6-9,12,14H2. The predicted octanol–water partition coefficient (Wildman–Crippen LogP) is 4.70. The molecule has 0 spiro atoms. The Morgan fingerprint density at radius 1 is 1.17 bits per heavy atom. The van der Waals surface area contributed by atoms with Crippen LogP contribution in [-0.4, -0.2) is 28.1 Å². The van der Waals surface area contributed by atoms with Crippen LogP contribution in [0.2, 0.25) is 5.02 Å². The Morgan fingerprint density at radius 2 is 2.00 bits per heavy atom. The van der Waals surface area contributed by atoms with Gasteiger partial charge in [0.25, 0.3) is 0 Å². The van der Waals surface area contributed by atoms with Crippen molar-refractivity contribution < 1.29 is 8.91 Å². The summed E-state index contributed by atoms with van der Waals surface area (Å²) in [4.78, 5) is 6.90. The monoisotopic (exact) mass is 410 g/mol. The van der Waals surface area contributed by atoms with Crippen LogP contribution in [0.4, 0.5) is 4.39 Å². The van der Waals surface area contributed by atoms with Crippen molar-refractivity contribution in [1.82, 2.24) is 15.0 Å². The van der Waals surface area contributed by atoms with Crippen LogP contribution in [-0.2, 0) is 13.0 Å². The molecule has 3 aromatic rings. The maximum atomic E-state index is 13.6. The Hall–Kier alpha value is -2.75. The number of nitrogens with zero attached hydrogens (tertiary/aromatic N) is 4. The Morgan fingerprint density at radius 3 is 2.76 bits per heavy atom. The quantitative estimate of drug-likeness (QED) is 0.609. The molecule has 29 heavy (non-hydrogen) atoms. The molecule has 1 fully saturated rings. The van der Waals surface area contributed by atoms with Crippen LogP contribution < -0.4 is 0 Å². The smallest absolute Gasteiger partial charge is 0.229 e. The van der Waals surface area contributed by atoms with Crippen molar-refractivity contribution in [2.75, 3.05) is 13.1 Å². The molecule has 2 heterocycles. The number of likely N-dealkylation sites (tertiary alicyclic amines) is 1. The first-order valence-corrected chi connectivity index (χ1v) is 9.96. The van der Waals surface area contributed by atoms with Gasteiger partial charge in [0.05, 0.1) is 16.7 Å². The molecule has 1 saturated heterocycles. The molecule has 7 heteroatoms. The first-order chi connectivity index (χ1) is 14.1. The van der Waals surface area contributed by atoms with E-state index in [1.807, 2.05) is 18.2 Å².